The third kappa shape index (κ3) is 5.26. The lowest BCUT2D eigenvalue weighted by atomic mass is 10.1. The van der Waals surface area contributed by atoms with E-state index in [0.717, 1.165) is 37.1 Å². The SMILES string of the molecule is NC1=NCc2cc(NC(=O)CCC(=O)N(CCO)c3cccc(C(=O)N4CCCC4)c3)ccc21. The maximum Gasteiger partial charge on any atom is 0.253 e. The number of rotatable bonds is 8. The molecule has 0 bridgehead atoms. The molecule has 1 fully saturated rings. The third-order valence-corrected chi connectivity index (χ3v) is 6.07. The van der Waals surface area contributed by atoms with Crippen LogP contribution in [0.25, 0.3) is 0 Å². The number of aliphatic imine (C=N–C) groups is 1. The highest BCUT2D eigenvalue weighted by Crippen LogP contribution is 2.23. The van der Waals surface area contributed by atoms with E-state index in [9.17, 15) is 19.5 Å². The molecule has 2 aromatic carbocycles. The fourth-order valence-electron chi connectivity index (χ4n) is 4.29. The van der Waals surface area contributed by atoms with Crippen LogP contribution in [0.2, 0.25) is 0 Å². The summed E-state index contributed by atoms with van der Waals surface area (Å²) >= 11 is 0. The van der Waals surface area contributed by atoms with Crippen molar-refractivity contribution in [1.29, 1.82) is 0 Å². The largest absolute Gasteiger partial charge is 0.395 e. The van der Waals surface area contributed by atoms with Crippen molar-refractivity contribution < 1.29 is 19.5 Å². The first-order valence-corrected chi connectivity index (χ1v) is 11.5. The summed E-state index contributed by atoms with van der Waals surface area (Å²) in [7, 11) is 0. The van der Waals surface area contributed by atoms with E-state index in [1.54, 1.807) is 35.2 Å². The second-order valence-corrected chi connectivity index (χ2v) is 8.44. The second-order valence-electron chi connectivity index (χ2n) is 8.44. The van der Waals surface area contributed by atoms with Gasteiger partial charge in [-0.2, -0.15) is 0 Å². The fraction of sp³-hybridized carbons (Fsp3) is 0.360. The van der Waals surface area contributed by atoms with Crippen molar-refractivity contribution in [3.63, 3.8) is 0 Å². The molecular weight excluding hydrogens is 434 g/mol. The quantitative estimate of drug-likeness (QED) is 0.551. The van der Waals surface area contributed by atoms with Crippen molar-refractivity contribution in [2.24, 2.45) is 10.7 Å². The number of benzene rings is 2. The number of carbonyl (C=O) groups excluding carboxylic acids is 3. The van der Waals surface area contributed by atoms with E-state index in [2.05, 4.69) is 10.3 Å². The average molecular weight is 464 g/mol. The van der Waals surface area contributed by atoms with Crippen molar-refractivity contribution >= 4 is 34.9 Å². The van der Waals surface area contributed by atoms with Gasteiger partial charge < -0.3 is 26.0 Å². The van der Waals surface area contributed by atoms with Gasteiger partial charge in [-0.1, -0.05) is 6.07 Å². The maximum atomic E-state index is 12.9. The number of likely N-dealkylation sites (tertiary alicyclic amines) is 1. The monoisotopic (exact) mass is 463 g/mol. The minimum Gasteiger partial charge on any atom is -0.395 e. The first-order chi connectivity index (χ1) is 16.5. The molecular formula is C25H29N5O4. The van der Waals surface area contributed by atoms with Crippen molar-refractivity contribution in [3.8, 4) is 0 Å². The van der Waals surface area contributed by atoms with Crippen LogP contribution in [0, 0.1) is 0 Å². The number of hydrogen-bond acceptors (Lipinski definition) is 6. The number of aliphatic hydroxyl groups is 1. The van der Waals surface area contributed by atoms with Crippen molar-refractivity contribution in [3.05, 3.63) is 59.2 Å². The topological polar surface area (TPSA) is 128 Å². The van der Waals surface area contributed by atoms with E-state index < -0.39 is 0 Å². The van der Waals surface area contributed by atoms with Crippen LogP contribution >= 0.6 is 0 Å². The Morgan fingerprint density at radius 3 is 2.65 bits per heavy atom. The molecule has 0 atom stereocenters. The van der Waals surface area contributed by atoms with Gasteiger partial charge in [-0.15, -0.1) is 0 Å². The van der Waals surface area contributed by atoms with Crippen molar-refractivity contribution in [2.45, 2.75) is 32.2 Å². The molecule has 0 aromatic heterocycles. The van der Waals surface area contributed by atoms with Gasteiger partial charge in [-0.25, -0.2) is 0 Å². The smallest absolute Gasteiger partial charge is 0.253 e. The molecule has 2 aromatic rings. The summed E-state index contributed by atoms with van der Waals surface area (Å²) in [4.78, 5) is 45.5. The minimum atomic E-state index is -0.301. The zero-order valence-electron chi connectivity index (χ0n) is 19.0. The summed E-state index contributed by atoms with van der Waals surface area (Å²) in [5.74, 6) is -0.155. The zero-order chi connectivity index (χ0) is 24.1. The van der Waals surface area contributed by atoms with Crippen LogP contribution in [0.3, 0.4) is 0 Å². The molecule has 2 heterocycles. The highest BCUT2D eigenvalue weighted by molar-refractivity contribution is 6.02. The van der Waals surface area contributed by atoms with E-state index in [1.807, 2.05) is 12.1 Å². The van der Waals surface area contributed by atoms with Crippen LogP contribution in [-0.2, 0) is 16.1 Å². The molecule has 178 valence electrons. The van der Waals surface area contributed by atoms with Gasteiger partial charge in [0.25, 0.3) is 5.91 Å². The number of amides is 3. The van der Waals surface area contributed by atoms with E-state index in [-0.39, 0.29) is 43.7 Å². The molecule has 34 heavy (non-hydrogen) atoms. The Morgan fingerprint density at radius 1 is 1.09 bits per heavy atom. The summed E-state index contributed by atoms with van der Waals surface area (Å²) in [5.41, 5.74) is 9.30. The normalized spacial score (nSPS) is 14.5. The summed E-state index contributed by atoms with van der Waals surface area (Å²) < 4.78 is 0. The number of aliphatic hydroxyl groups excluding tert-OH is 1. The third-order valence-electron chi connectivity index (χ3n) is 6.07. The highest BCUT2D eigenvalue weighted by Gasteiger charge is 2.22. The summed E-state index contributed by atoms with van der Waals surface area (Å²) in [5, 5.41) is 12.3. The molecule has 0 radical (unpaired) electrons. The number of carbonyl (C=O) groups is 3. The van der Waals surface area contributed by atoms with E-state index in [1.165, 1.54) is 4.90 Å². The van der Waals surface area contributed by atoms with Gasteiger partial charge >= 0.3 is 0 Å². The Morgan fingerprint density at radius 2 is 1.88 bits per heavy atom. The Balaban J connectivity index is 1.37. The van der Waals surface area contributed by atoms with Crippen LogP contribution in [0.4, 0.5) is 11.4 Å². The van der Waals surface area contributed by atoms with Gasteiger partial charge in [-0.3, -0.25) is 19.4 Å². The second kappa shape index (κ2) is 10.5. The lowest BCUT2D eigenvalue weighted by Gasteiger charge is -2.23. The summed E-state index contributed by atoms with van der Waals surface area (Å²) in [6, 6.07) is 12.3. The molecule has 0 spiro atoms. The van der Waals surface area contributed by atoms with Gasteiger partial charge in [0.1, 0.15) is 5.84 Å². The molecule has 0 aliphatic carbocycles. The maximum absolute atomic E-state index is 12.9. The Labute approximate surface area is 198 Å². The van der Waals surface area contributed by atoms with Gasteiger partial charge in [0, 0.05) is 55.0 Å². The first-order valence-electron chi connectivity index (χ1n) is 11.5. The molecule has 4 rings (SSSR count). The summed E-state index contributed by atoms with van der Waals surface area (Å²) in [6.07, 6.45) is 1.95. The standard InChI is InChI=1S/C25H29N5O4/c26-24-21-7-6-19(14-18(21)16-27-24)28-22(32)8-9-23(33)30(12-13-31)20-5-3-4-17(15-20)25(34)29-10-1-2-11-29/h3-7,14-15,31H,1-2,8-13,16H2,(H2,26,27)(H,28,32). The van der Waals surface area contributed by atoms with Crippen molar-refractivity contribution in [1.82, 2.24) is 4.90 Å². The predicted molar refractivity (Wildman–Crippen MR) is 130 cm³/mol. The molecule has 0 unspecified atom stereocenters. The Hall–Kier alpha value is -3.72. The highest BCUT2D eigenvalue weighted by atomic mass is 16.3. The number of nitrogens with two attached hydrogens (primary N) is 1. The number of hydrogen-bond donors (Lipinski definition) is 3. The molecule has 3 amide bonds. The summed E-state index contributed by atoms with van der Waals surface area (Å²) in [6.45, 7) is 1.81. The minimum absolute atomic E-state index is 0.0110. The molecule has 0 saturated carbocycles. The van der Waals surface area contributed by atoms with Gasteiger partial charge in [-0.05, 0) is 54.8 Å². The first kappa shape index (κ1) is 23.4. The molecule has 2 aliphatic heterocycles. The number of nitrogens with zero attached hydrogens (tertiary/aromatic N) is 3. The number of amidine groups is 1. The lowest BCUT2D eigenvalue weighted by molar-refractivity contribution is -0.122. The van der Waals surface area contributed by atoms with Crippen LogP contribution < -0.4 is 16.0 Å². The lowest BCUT2D eigenvalue weighted by Crippen LogP contribution is -2.34. The molecule has 2 aliphatic rings. The van der Waals surface area contributed by atoms with Crippen molar-refractivity contribution in [2.75, 3.05) is 36.5 Å². The van der Waals surface area contributed by atoms with Crippen LogP contribution in [0.5, 0.6) is 0 Å². The van der Waals surface area contributed by atoms with Crippen LogP contribution in [-0.4, -0.2) is 59.8 Å². The number of anilines is 2. The molecule has 1 saturated heterocycles. The van der Waals surface area contributed by atoms with Crippen LogP contribution in [0.15, 0.2) is 47.5 Å². The average Bonchev–Trinajstić information content (AvgIpc) is 3.51. The van der Waals surface area contributed by atoms with Gasteiger partial charge in [0.15, 0.2) is 0 Å². The molecule has 9 heteroatoms. The fourth-order valence-corrected chi connectivity index (χ4v) is 4.29. The Bertz CT molecular complexity index is 1120. The Kier molecular flexibility index (Phi) is 7.22. The van der Waals surface area contributed by atoms with E-state index in [0.29, 0.717) is 29.3 Å². The van der Waals surface area contributed by atoms with E-state index >= 15 is 0 Å². The van der Waals surface area contributed by atoms with E-state index in [4.69, 9.17) is 5.73 Å². The van der Waals surface area contributed by atoms with Crippen LogP contribution in [0.1, 0.15) is 47.2 Å². The predicted octanol–water partition coefficient (Wildman–Crippen LogP) is 1.89. The van der Waals surface area contributed by atoms with Gasteiger partial charge in [0.2, 0.25) is 11.8 Å². The molecule has 4 N–H and O–H groups in total. The molecule has 9 nitrogen and oxygen atoms in total. The van der Waals surface area contributed by atoms with Gasteiger partial charge in [0.05, 0.1) is 13.2 Å². The number of fused-ring (bicyclic) bond motifs is 1. The zero-order valence-corrected chi connectivity index (χ0v) is 19.0. The number of nitrogens with one attached hydrogen (secondary N) is 1.